The zero-order valence-electron chi connectivity index (χ0n) is 13.4. The lowest BCUT2D eigenvalue weighted by Gasteiger charge is -2.36. The number of nitrogens with two attached hydrogens (primary N) is 1. The molecule has 0 radical (unpaired) electrons. The Hall–Kier alpha value is -2.00. The monoisotopic (exact) mass is 342 g/mol. The number of aliphatic imine (C=N–C) groups is 1. The SMILES string of the molecule is COc1ccc(OC)c(NC(N)=NCC2CN(S(C)(=O)=O)C2)c1. The van der Waals surface area contributed by atoms with Crippen LogP contribution in [0.1, 0.15) is 0 Å². The van der Waals surface area contributed by atoms with Gasteiger partial charge in [0.25, 0.3) is 0 Å². The summed E-state index contributed by atoms with van der Waals surface area (Å²) >= 11 is 0. The number of rotatable bonds is 6. The summed E-state index contributed by atoms with van der Waals surface area (Å²) in [5, 5.41) is 2.97. The smallest absolute Gasteiger partial charge is 0.211 e. The van der Waals surface area contributed by atoms with Crippen molar-refractivity contribution in [2.24, 2.45) is 16.6 Å². The molecule has 1 aromatic carbocycles. The van der Waals surface area contributed by atoms with E-state index in [0.717, 1.165) is 0 Å². The average Bonchev–Trinajstić information content (AvgIpc) is 2.44. The third-order valence-corrected chi connectivity index (χ3v) is 4.82. The number of hydrogen-bond donors (Lipinski definition) is 2. The van der Waals surface area contributed by atoms with Crippen LogP contribution in [0.2, 0.25) is 0 Å². The lowest BCUT2D eigenvalue weighted by Crippen LogP contribution is -2.50. The van der Waals surface area contributed by atoms with Crippen LogP contribution >= 0.6 is 0 Å². The van der Waals surface area contributed by atoms with Gasteiger partial charge in [0.2, 0.25) is 10.0 Å². The van der Waals surface area contributed by atoms with E-state index in [1.165, 1.54) is 10.6 Å². The largest absolute Gasteiger partial charge is 0.497 e. The molecule has 3 N–H and O–H groups in total. The number of methoxy groups -OCH3 is 2. The highest BCUT2D eigenvalue weighted by Gasteiger charge is 2.32. The van der Waals surface area contributed by atoms with E-state index in [1.54, 1.807) is 32.4 Å². The van der Waals surface area contributed by atoms with Gasteiger partial charge in [-0.25, -0.2) is 12.7 Å². The fourth-order valence-electron chi connectivity index (χ4n) is 2.23. The van der Waals surface area contributed by atoms with E-state index < -0.39 is 10.0 Å². The fourth-order valence-corrected chi connectivity index (χ4v) is 3.19. The molecule has 1 aromatic rings. The molecule has 0 atom stereocenters. The number of ether oxygens (including phenoxy) is 2. The molecular formula is C14H22N4O4S. The Balaban J connectivity index is 1.93. The van der Waals surface area contributed by atoms with Gasteiger partial charge >= 0.3 is 0 Å². The van der Waals surface area contributed by atoms with Crippen molar-refractivity contribution in [3.05, 3.63) is 18.2 Å². The van der Waals surface area contributed by atoms with Gasteiger partial charge in [0.1, 0.15) is 11.5 Å². The van der Waals surface area contributed by atoms with Gasteiger partial charge in [-0.05, 0) is 12.1 Å². The maximum Gasteiger partial charge on any atom is 0.211 e. The zero-order valence-corrected chi connectivity index (χ0v) is 14.3. The van der Waals surface area contributed by atoms with Crippen LogP contribution in [-0.2, 0) is 10.0 Å². The normalized spacial score (nSPS) is 16.7. The molecule has 9 heteroatoms. The topological polar surface area (TPSA) is 106 Å². The van der Waals surface area contributed by atoms with Crippen molar-refractivity contribution in [2.75, 3.05) is 45.4 Å². The first-order valence-electron chi connectivity index (χ1n) is 7.07. The molecule has 0 aliphatic carbocycles. The first-order valence-corrected chi connectivity index (χ1v) is 8.92. The molecule has 0 amide bonds. The van der Waals surface area contributed by atoms with Gasteiger partial charge in [-0.2, -0.15) is 0 Å². The standard InChI is InChI=1S/C14H22N4O4S/c1-21-11-4-5-13(22-2)12(6-11)17-14(15)16-7-10-8-18(9-10)23(3,19)20/h4-6,10H,7-9H2,1-3H3,(H3,15,16,17). The Morgan fingerprint density at radius 3 is 2.65 bits per heavy atom. The maximum atomic E-state index is 11.3. The highest BCUT2D eigenvalue weighted by Crippen LogP contribution is 2.28. The van der Waals surface area contributed by atoms with Gasteiger partial charge in [-0.1, -0.05) is 0 Å². The predicted molar refractivity (Wildman–Crippen MR) is 89.6 cm³/mol. The van der Waals surface area contributed by atoms with Gasteiger partial charge in [0.05, 0.1) is 26.2 Å². The highest BCUT2D eigenvalue weighted by atomic mass is 32.2. The zero-order chi connectivity index (χ0) is 17.0. The molecule has 1 heterocycles. The first-order chi connectivity index (χ1) is 10.8. The number of hydrogen-bond acceptors (Lipinski definition) is 5. The molecule has 0 unspecified atom stereocenters. The van der Waals surface area contributed by atoms with Crippen molar-refractivity contribution in [3.8, 4) is 11.5 Å². The second kappa shape index (κ2) is 7.05. The summed E-state index contributed by atoms with van der Waals surface area (Å²) < 4.78 is 34.4. The van der Waals surface area contributed by atoms with Gasteiger partial charge in [0.15, 0.2) is 5.96 Å². The van der Waals surface area contributed by atoms with Crippen LogP contribution < -0.4 is 20.5 Å². The van der Waals surface area contributed by atoms with E-state index in [9.17, 15) is 8.42 Å². The van der Waals surface area contributed by atoms with Crippen LogP contribution in [0.5, 0.6) is 11.5 Å². The second-order valence-corrected chi connectivity index (χ2v) is 7.35. The molecule has 1 aliphatic heterocycles. The van der Waals surface area contributed by atoms with Crippen molar-refractivity contribution in [2.45, 2.75) is 0 Å². The van der Waals surface area contributed by atoms with Crippen LogP contribution in [0, 0.1) is 5.92 Å². The molecule has 0 saturated carbocycles. The van der Waals surface area contributed by atoms with Crippen molar-refractivity contribution < 1.29 is 17.9 Å². The third kappa shape index (κ3) is 4.49. The van der Waals surface area contributed by atoms with Crippen LogP contribution in [0.3, 0.4) is 0 Å². The third-order valence-electron chi connectivity index (χ3n) is 3.58. The van der Waals surface area contributed by atoms with Crippen LogP contribution in [0.15, 0.2) is 23.2 Å². The predicted octanol–water partition coefficient (Wildman–Crippen LogP) is 0.322. The molecule has 2 rings (SSSR count). The molecule has 23 heavy (non-hydrogen) atoms. The van der Waals surface area contributed by atoms with Crippen LogP contribution in [0.4, 0.5) is 5.69 Å². The lowest BCUT2D eigenvalue weighted by molar-refractivity contribution is 0.209. The summed E-state index contributed by atoms with van der Waals surface area (Å²) in [4.78, 5) is 4.25. The van der Waals surface area contributed by atoms with Crippen molar-refractivity contribution in [1.29, 1.82) is 0 Å². The summed E-state index contributed by atoms with van der Waals surface area (Å²) in [7, 11) is 0.0452. The number of sulfonamides is 1. The fraction of sp³-hybridized carbons (Fsp3) is 0.500. The molecule has 0 spiro atoms. The van der Waals surface area contributed by atoms with E-state index >= 15 is 0 Å². The number of nitrogens with one attached hydrogen (secondary N) is 1. The molecule has 1 aliphatic rings. The second-order valence-electron chi connectivity index (χ2n) is 5.36. The van der Waals surface area contributed by atoms with Gasteiger partial charge in [-0.3, -0.25) is 4.99 Å². The molecular weight excluding hydrogens is 320 g/mol. The Bertz CT molecular complexity index is 684. The molecule has 0 aromatic heterocycles. The number of nitrogens with zero attached hydrogens (tertiary/aromatic N) is 2. The van der Waals surface area contributed by atoms with Gasteiger partial charge in [0, 0.05) is 31.6 Å². The van der Waals surface area contributed by atoms with E-state index in [2.05, 4.69) is 10.3 Å². The van der Waals surface area contributed by atoms with E-state index in [1.807, 2.05) is 0 Å². The first kappa shape index (κ1) is 17.4. The Labute approximate surface area is 136 Å². The van der Waals surface area contributed by atoms with E-state index in [-0.39, 0.29) is 11.9 Å². The highest BCUT2D eigenvalue weighted by molar-refractivity contribution is 7.88. The maximum absolute atomic E-state index is 11.3. The van der Waals surface area contributed by atoms with Crippen LogP contribution in [0.25, 0.3) is 0 Å². The van der Waals surface area contributed by atoms with Crippen molar-refractivity contribution in [3.63, 3.8) is 0 Å². The minimum absolute atomic E-state index is 0.192. The van der Waals surface area contributed by atoms with Crippen molar-refractivity contribution >= 4 is 21.7 Å². The lowest BCUT2D eigenvalue weighted by atomic mass is 10.0. The summed E-state index contributed by atoms with van der Waals surface area (Å²) in [6.45, 7) is 1.44. The Kier molecular flexibility index (Phi) is 5.32. The van der Waals surface area contributed by atoms with Gasteiger partial charge < -0.3 is 20.5 Å². The van der Waals surface area contributed by atoms with E-state index in [0.29, 0.717) is 36.8 Å². The molecule has 8 nitrogen and oxygen atoms in total. The Morgan fingerprint density at radius 1 is 1.39 bits per heavy atom. The average molecular weight is 342 g/mol. The van der Waals surface area contributed by atoms with Crippen molar-refractivity contribution in [1.82, 2.24) is 4.31 Å². The minimum atomic E-state index is -3.10. The summed E-state index contributed by atoms with van der Waals surface area (Å²) in [6.07, 6.45) is 1.21. The molecule has 0 bridgehead atoms. The summed E-state index contributed by atoms with van der Waals surface area (Å²) in [5.74, 6) is 1.73. The van der Waals surface area contributed by atoms with E-state index in [4.69, 9.17) is 15.2 Å². The Morgan fingerprint density at radius 2 is 2.09 bits per heavy atom. The molecule has 1 fully saturated rings. The summed E-state index contributed by atoms with van der Waals surface area (Å²) in [6, 6.07) is 5.31. The summed E-state index contributed by atoms with van der Waals surface area (Å²) in [5.41, 5.74) is 6.53. The number of anilines is 1. The minimum Gasteiger partial charge on any atom is -0.497 e. The van der Waals surface area contributed by atoms with Gasteiger partial charge in [-0.15, -0.1) is 0 Å². The number of benzene rings is 1. The molecule has 1 saturated heterocycles. The number of guanidine groups is 1. The molecule has 128 valence electrons. The van der Waals surface area contributed by atoms with Crippen LogP contribution in [-0.4, -0.2) is 58.8 Å². The quantitative estimate of drug-likeness (QED) is 0.570.